The van der Waals surface area contributed by atoms with E-state index in [2.05, 4.69) is 4.74 Å². The van der Waals surface area contributed by atoms with Crippen molar-refractivity contribution in [3.8, 4) is 5.75 Å². The summed E-state index contributed by atoms with van der Waals surface area (Å²) in [5, 5.41) is 8.25. The smallest absolute Gasteiger partial charge is 0.306 e. The molecule has 0 saturated heterocycles. The van der Waals surface area contributed by atoms with Crippen LogP contribution in [0.25, 0.3) is 0 Å². The van der Waals surface area contributed by atoms with E-state index < -0.39 is 29.2 Å². The first-order valence-corrected chi connectivity index (χ1v) is 4.00. The summed E-state index contributed by atoms with van der Waals surface area (Å²) in [5.74, 6) is -6.05. The third kappa shape index (κ3) is 2.87. The van der Waals surface area contributed by atoms with Crippen molar-refractivity contribution in [1.29, 1.82) is 0 Å². The standard InChI is InChI=1S/C9H7F3O3/c10-5-1-2-6(9(12)8(5)11)15-4-3-7(13)14/h1-2H,3-4H2,(H,13,14). The molecule has 1 rings (SSSR count). The summed E-state index contributed by atoms with van der Waals surface area (Å²) in [5.41, 5.74) is 0. The zero-order valence-corrected chi connectivity index (χ0v) is 7.47. The summed E-state index contributed by atoms with van der Waals surface area (Å²) in [6.07, 6.45) is -0.349. The van der Waals surface area contributed by atoms with Crippen LogP contribution >= 0.6 is 0 Å². The van der Waals surface area contributed by atoms with Crippen LogP contribution in [-0.4, -0.2) is 17.7 Å². The number of halogens is 3. The lowest BCUT2D eigenvalue weighted by Crippen LogP contribution is -2.06. The largest absolute Gasteiger partial charge is 0.490 e. The van der Waals surface area contributed by atoms with Crippen LogP contribution in [0, 0.1) is 17.5 Å². The second kappa shape index (κ2) is 4.68. The average Bonchev–Trinajstić information content (AvgIpc) is 2.18. The number of aliphatic carboxylic acids is 1. The lowest BCUT2D eigenvalue weighted by atomic mass is 10.3. The van der Waals surface area contributed by atoms with Crippen LogP contribution in [0.3, 0.4) is 0 Å². The SMILES string of the molecule is O=C(O)CCOc1ccc(F)c(F)c1F. The molecule has 0 aliphatic heterocycles. The second-order valence-corrected chi connectivity index (χ2v) is 2.67. The first kappa shape index (κ1) is 11.4. The molecule has 0 heterocycles. The van der Waals surface area contributed by atoms with Gasteiger partial charge in [-0.15, -0.1) is 0 Å². The molecule has 1 aromatic carbocycles. The number of carbonyl (C=O) groups is 1. The fraction of sp³-hybridized carbons (Fsp3) is 0.222. The Hall–Kier alpha value is -1.72. The van der Waals surface area contributed by atoms with E-state index in [9.17, 15) is 18.0 Å². The number of benzene rings is 1. The Labute approximate surface area is 83.1 Å². The molecule has 0 saturated carbocycles. The van der Waals surface area contributed by atoms with Crippen molar-refractivity contribution in [2.45, 2.75) is 6.42 Å². The minimum atomic E-state index is -1.64. The Bertz CT molecular complexity index is 379. The summed E-state index contributed by atoms with van der Waals surface area (Å²) in [4.78, 5) is 10.1. The van der Waals surface area contributed by atoms with Gasteiger partial charge in [0.15, 0.2) is 17.4 Å². The molecule has 3 nitrogen and oxygen atoms in total. The Morgan fingerprint density at radius 2 is 1.93 bits per heavy atom. The highest BCUT2D eigenvalue weighted by atomic mass is 19.2. The Morgan fingerprint density at radius 1 is 1.27 bits per heavy atom. The number of ether oxygens (including phenoxy) is 1. The summed E-state index contributed by atoms with van der Waals surface area (Å²) < 4.78 is 42.6. The second-order valence-electron chi connectivity index (χ2n) is 2.67. The topological polar surface area (TPSA) is 46.5 Å². The highest BCUT2D eigenvalue weighted by molar-refractivity contribution is 5.66. The molecule has 0 spiro atoms. The molecule has 0 unspecified atom stereocenters. The van der Waals surface area contributed by atoms with Crippen LogP contribution in [0.1, 0.15) is 6.42 Å². The zero-order chi connectivity index (χ0) is 11.4. The molecule has 0 aliphatic carbocycles. The van der Waals surface area contributed by atoms with Crippen molar-refractivity contribution in [1.82, 2.24) is 0 Å². The highest BCUT2D eigenvalue weighted by Gasteiger charge is 2.14. The Kier molecular flexibility index (Phi) is 3.54. The van der Waals surface area contributed by atoms with Gasteiger partial charge in [-0.3, -0.25) is 4.79 Å². The van der Waals surface area contributed by atoms with Crippen LogP contribution in [-0.2, 0) is 4.79 Å². The van der Waals surface area contributed by atoms with E-state index in [0.29, 0.717) is 6.07 Å². The van der Waals surface area contributed by atoms with Gasteiger partial charge in [0.05, 0.1) is 13.0 Å². The van der Waals surface area contributed by atoms with E-state index in [1.54, 1.807) is 0 Å². The summed E-state index contributed by atoms with van der Waals surface area (Å²) >= 11 is 0. The van der Waals surface area contributed by atoms with Crippen molar-refractivity contribution in [2.24, 2.45) is 0 Å². The number of carboxylic acids is 1. The van der Waals surface area contributed by atoms with Crippen LogP contribution < -0.4 is 4.74 Å². The number of carboxylic acid groups (broad SMARTS) is 1. The van der Waals surface area contributed by atoms with Crippen molar-refractivity contribution >= 4 is 5.97 Å². The maximum absolute atomic E-state index is 12.9. The van der Waals surface area contributed by atoms with E-state index in [-0.39, 0.29) is 13.0 Å². The molecule has 0 bridgehead atoms. The predicted molar refractivity (Wildman–Crippen MR) is 44.1 cm³/mol. The van der Waals surface area contributed by atoms with Gasteiger partial charge < -0.3 is 9.84 Å². The molecular weight excluding hydrogens is 213 g/mol. The average molecular weight is 220 g/mol. The lowest BCUT2D eigenvalue weighted by molar-refractivity contribution is -0.137. The molecule has 6 heteroatoms. The van der Waals surface area contributed by atoms with Gasteiger partial charge in [-0.2, -0.15) is 4.39 Å². The molecule has 15 heavy (non-hydrogen) atoms. The Morgan fingerprint density at radius 3 is 2.53 bits per heavy atom. The zero-order valence-electron chi connectivity index (χ0n) is 7.47. The summed E-state index contributed by atoms with van der Waals surface area (Å²) in [6, 6.07) is 1.60. The normalized spacial score (nSPS) is 10.1. The van der Waals surface area contributed by atoms with E-state index in [4.69, 9.17) is 5.11 Å². The summed E-state index contributed by atoms with van der Waals surface area (Å²) in [7, 11) is 0. The van der Waals surface area contributed by atoms with Gasteiger partial charge in [0.1, 0.15) is 0 Å². The maximum Gasteiger partial charge on any atom is 0.306 e. The van der Waals surface area contributed by atoms with E-state index >= 15 is 0 Å². The van der Waals surface area contributed by atoms with Crippen LogP contribution in [0.4, 0.5) is 13.2 Å². The summed E-state index contributed by atoms with van der Waals surface area (Å²) in [6.45, 7) is -0.308. The fourth-order valence-corrected chi connectivity index (χ4v) is 0.868. The van der Waals surface area contributed by atoms with Crippen molar-refractivity contribution in [3.63, 3.8) is 0 Å². The van der Waals surface area contributed by atoms with Crippen LogP contribution in [0.2, 0.25) is 0 Å². The van der Waals surface area contributed by atoms with E-state index in [1.807, 2.05) is 0 Å². The van der Waals surface area contributed by atoms with Gasteiger partial charge in [0.2, 0.25) is 5.82 Å². The molecule has 0 radical (unpaired) electrons. The molecule has 1 N–H and O–H groups in total. The molecule has 82 valence electrons. The molecule has 0 amide bonds. The van der Waals surface area contributed by atoms with Crippen molar-refractivity contribution in [3.05, 3.63) is 29.6 Å². The van der Waals surface area contributed by atoms with Gasteiger partial charge in [-0.1, -0.05) is 0 Å². The van der Waals surface area contributed by atoms with Gasteiger partial charge in [-0.05, 0) is 12.1 Å². The Balaban J connectivity index is 2.70. The highest BCUT2D eigenvalue weighted by Crippen LogP contribution is 2.21. The minimum Gasteiger partial charge on any atom is -0.490 e. The number of hydrogen-bond donors (Lipinski definition) is 1. The molecule has 0 aromatic heterocycles. The molecule has 1 aromatic rings. The lowest BCUT2D eigenvalue weighted by Gasteiger charge is -2.06. The van der Waals surface area contributed by atoms with Crippen molar-refractivity contribution in [2.75, 3.05) is 6.61 Å². The molecule has 0 atom stereocenters. The van der Waals surface area contributed by atoms with Gasteiger partial charge in [-0.25, -0.2) is 8.78 Å². The minimum absolute atomic E-state index is 0.308. The third-order valence-electron chi connectivity index (χ3n) is 1.57. The van der Waals surface area contributed by atoms with E-state index in [0.717, 1.165) is 6.07 Å². The third-order valence-corrected chi connectivity index (χ3v) is 1.57. The predicted octanol–water partition coefficient (Wildman–Crippen LogP) is 1.96. The monoisotopic (exact) mass is 220 g/mol. The van der Waals surface area contributed by atoms with Crippen molar-refractivity contribution < 1.29 is 27.8 Å². The number of rotatable bonds is 4. The number of hydrogen-bond acceptors (Lipinski definition) is 2. The van der Waals surface area contributed by atoms with Crippen LogP contribution in [0.5, 0.6) is 5.75 Å². The van der Waals surface area contributed by atoms with Gasteiger partial charge in [0, 0.05) is 0 Å². The van der Waals surface area contributed by atoms with Gasteiger partial charge in [0.25, 0.3) is 0 Å². The molecular formula is C9H7F3O3. The van der Waals surface area contributed by atoms with Crippen LogP contribution in [0.15, 0.2) is 12.1 Å². The maximum atomic E-state index is 12.9. The fourth-order valence-electron chi connectivity index (χ4n) is 0.868. The first-order valence-electron chi connectivity index (χ1n) is 4.00. The van der Waals surface area contributed by atoms with Gasteiger partial charge >= 0.3 is 5.97 Å². The first-order chi connectivity index (χ1) is 7.02. The molecule has 0 aliphatic rings. The van der Waals surface area contributed by atoms with E-state index in [1.165, 1.54) is 0 Å². The quantitative estimate of drug-likeness (QED) is 0.789. The molecule has 0 fully saturated rings.